The SMILES string of the molecule is CN(CCCC(=O)O)CC(=O)NCCC1=CCCCC1. The van der Waals surface area contributed by atoms with Gasteiger partial charge in [-0.1, -0.05) is 11.6 Å². The van der Waals surface area contributed by atoms with Crippen molar-refractivity contribution < 1.29 is 14.7 Å². The average Bonchev–Trinajstić information content (AvgIpc) is 2.39. The van der Waals surface area contributed by atoms with Gasteiger partial charge in [0.05, 0.1) is 6.54 Å². The topological polar surface area (TPSA) is 69.6 Å². The van der Waals surface area contributed by atoms with Gasteiger partial charge in [0.2, 0.25) is 5.91 Å². The number of hydrogen-bond acceptors (Lipinski definition) is 3. The van der Waals surface area contributed by atoms with E-state index in [2.05, 4.69) is 11.4 Å². The number of carboxylic acids is 1. The molecule has 0 aromatic heterocycles. The third-order valence-electron chi connectivity index (χ3n) is 3.50. The number of likely N-dealkylation sites (N-methyl/N-ethyl adjacent to an activating group) is 1. The lowest BCUT2D eigenvalue weighted by atomic mass is 9.97. The smallest absolute Gasteiger partial charge is 0.303 e. The number of nitrogens with one attached hydrogen (secondary N) is 1. The molecule has 2 N–H and O–H groups in total. The van der Waals surface area contributed by atoms with Crippen LogP contribution in [0, 0.1) is 0 Å². The minimum atomic E-state index is -0.788. The van der Waals surface area contributed by atoms with Crippen LogP contribution in [0.2, 0.25) is 0 Å². The Bertz CT molecular complexity index is 353. The second-order valence-corrected chi connectivity index (χ2v) is 5.44. The van der Waals surface area contributed by atoms with E-state index < -0.39 is 5.97 Å². The van der Waals surface area contributed by atoms with E-state index in [9.17, 15) is 9.59 Å². The van der Waals surface area contributed by atoms with Crippen LogP contribution in [0.15, 0.2) is 11.6 Å². The molecule has 0 spiro atoms. The molecular weight excluding hydrogens is 256 g/mol. The van der Waals surface area contributed by atoms with Gasteiger partial charge in [0.25, 0.3) is 0 Å². The number of carboxylic acid groups (broad SMARTS) is 1. The first-order valence-corrected chi connectivity index (χ1v) is 7.43. The zero-order valence-electron chi connectivity index (χ0n) is 12.4. The van der Waals surface area contributed by atoms with Gasteiger partial charge < -0.3 is 10.4 Å². The largest absolute Gasteiger partial charge is 0.481 e. The third kappa shape index (κ3) is 7.94. The lowest BCUT2D eigenvalue weighted by Crippen LogP contribution is -2.36. The van der Waals surface area contributed by atoms with Crippen LogP contribution in [0.4, 0.5) is 0 Å². The molecule has 5 nitrogen and oxygen atoms in total. The number of allylic oxidation sites excluding steroid dienone is 1. The van der Waals surface area contributed by atoms with Gasteiger partial charge in [-0.25, -0.2) is 0 Å². The minimum Gasteiger partial charge on any atom is -0.481 e. The third-order valence-corrected chi connectivity index (χ3v) is 3.50. The number of amides is 1. The monoisotopic (exact) mass is 282 g/mol. The Balaban J connectivity index is 2.07. The number of hydrogen-bond donors (Lipinski definition) is 2. The highest BCUT2D eigenvalue weighted by Gasteiger charge is 2.08. The maximum absolute atomic E-state index is 11.7. The standard InChI is InChI=1S/C15H26N2O3/c1-17(11-5-8-15(19)20)12-14(18)16-10-9-13-6-3-2-4-7-13/h6H,2-5,7-12H2,1H3,(H,16,18)(H,19,20). The highest BCUT2D eigenvalue weighted by atomic mass is 16.4. The van der Waals surface area contributed by atoms with Crippen molar-refractivity contribution in [3.05, 3.63) is 11.6 Å². The van der Waals surface area contributed by atoms with Crippen LogP contribution in [-0.2, 0) is 9.59 Å². The Morgan fingerprint density at radius 3 is 2.85 bits per heavy atom. The first-order chi connectivity index (χ1) is 9.58. The highest BCUT2D eigenvalue weighted by Crippen LogP contribution is 2.19. The van der Waals surface area contributed by atoms with Crippen LogP contribution in [0.3, 0.4) is 0 Å². The summed E-state index contributed by atoms with van der Waals surface area (Å²) in [7, 11) is 1.84. The van der Waals surface area contributed by atoms with E-state index in [4.69, 9.17) is 5.11 Å². The number of aliphatic carboxylic acids is 1. The summed E-state index contributed by atoms with van der Waals surface area (Å²) >= 11 is 0. The zero-order valence-corrected chi connectivity index (χ0v) is 12.4. The van der Waals surface area contributed by atoms with E-state index in [-0.39, 0.29) is 12.3 Å². The predicted molar refractivity (Wildman–Crippen MR) is 78.5 cm³/mol. The second-order valence-electron chi connectivity index (χ2n) is 5.44. The Kier molecular flexibility index (Phi) is 7.95. The molecule has 0 aromatic carbocycles. The van der Waals surface area contributed by atoms with Gasteiger partial charge in [-0.05, 0) is 52.1 Å². The van der Waals surface area contributed by atoms with Crippen LogP contribution in [0.25, 0.3) is 0 Å². The molecule has 0 aromatic rings. The van der Waals surface area contributed by atoms with E-state index in [0.29, 0.717) is 26.1 Å². The Labute approximate surface area is 121 Å². The fourth-order valence-electron chi connectivity index (χ4n) is 2.37. The lowest BCUT2D eigenvalue weighted by Gasteiger charge is -2.16. The summed E-state index contributed by atoms with van der Waals surface area (Å²) in [5.41, 5.74) is 1.46. The van der Waals surface area contributed by atoms with Crippen molar-refractivity contribution in [2.24, 2.45) is 0 Å². The van der Waals surface area contributed by atoms with E-state index >= 15 is 0 Å². The van der Waals surface area contributed by atoms with E-state index in [1.165, 1.54) is 31.3 Å². The van der Waals surface area contributed by atoms with Gasteiger partial charge in [0, 0.05) is 13.0 Å². The van der Waals surface area contributed by atoms with Crippen molar-refractivity contribution in [1.82, 2.24) is 10.2 Å². The molecule has 0 saturated carbocycles. The maximum Gasteiger partial charge on any atom is 0.303 e. The summed E-state index contributed by atoms with van der Waals surface area (Å²) < 4.78 is 0. The molecule has 0 heterocycles. The molecule has 5 heteroatoms. The molecule has 1 aliphatic rings. The predicted octanol–water partition coefficient (Wildman–Crippen LogP) is 1.79. The summed E-state index contributed by atoms with van der Waals surface area (Å²) in [5.74, 6) is -0.775. The lowest BCUT2D eigenvalue weighted by molar-refractivity contribution is -0.137. The normalized spacial score (nSPS) is 15.0. The van der Waals surface area contributed by atoms with Gasteiger partial charge in [-0.2, -0.15) is 0 Å². The van der Waals surface area contributed by atoms with Crippen molar-refractivity contribution in [2.75, 3.05) is 26.7 Å². The average molecular weight is 282 g/mol. The number of rotatable bonds is 9. The molecule has 0 unspecified atom stereocenters. The Morgan fingerprint density at radius 1 is 1.40 bits per heavy atom. The highest BCUT2D eigenvalue weighted by molar-refractivity contribution is 5.77. The summed E-state index contributed by atoms with van der Waals surface area (Å²) in [6, 6.07) is 0. The molecule has 0 fully saturated rings. The van der Waals surface area contributed by atoms with Crippen LogP contribution in [-0.4, -0.2) is 48.6 Å². The quantitative estimate of drug-likeness (QED) is 0.633. The van der Waals surface area contributed by atoms with Crippen LogP contribution in [0.1, 0.15) is 44.9 Å². The molecular formula is C15H26N2O3. The summed E-state index contributed by atoms with van der Waals surface area (Å²) in [5, 5.41) is 11.5. The molecule has 1 rings (SSSR count). The minimum absolute atomic E-state index is 0.0132. The van der Waals surface area contributed by atoms with Gasteiger partial charge in [0.1, 0.15) is 0 Å². The molecule has 1 amide bonds. The first kappa shape index (κ1) is 16.7. The summed E-state index contributed by atoms with van der Waals surface area (Å²) in [6.45, 7) is 1.66. The molecule has 114 valence electrons. The van der Waals surface area contributed by atoms with Crippen molar-refractivity contribution in [3.63, 3.8) is 0 Å². The van der Waals surface area contributed by atoms with Crippen LogP contribution >= 0.6 is 0 Å². The Hall–Kier alpha value is -1.36. The van der Waals surface area contributed by atoms with Gasteiger partial charge in [-0.15, -0.1) is 0 Å². The van der Waals surface area contributed by atoms with E-state index in [0.717, 1.165) is 6.42 Å². The molecule has 0 radical (unpaired) electrons. The first-order valence-electron chi connectivity index (χ1n) is 7.43. The van der Waals surface area contributed by atoms with Gasteiger partial charge in [-0.3, -0.25) is 14.5 Å². The van der Waals surface area contributed by atoms with E-state index in [1.54, 1.807) is 0 Å². The molecule has 0 bridgehead atoms. The number of carbonyl (C=O) groups excluding carboxylic acids is 1. The van der Waals surface area contributed by atoms with E-state index in [1.807, 2.05) is 11.9 Å². The number of nitrogens with zero attached hydrogens (tertiary/aromatic N) is 1. The van der Waals surface area contributed by atoms with Crippen molar-refractivity contribution in [1.29, 1.82) is 0 Å². The fourth-order valence-corrected chi connectivity index (χ4v) is 2.37. The molecule has 0 aliphatic heterocycles. The summed E-state index contributed by atoms with van der Waals surface area (Å²) in [4.78, 5) is 24.0. The van der Waals surface area contributed by atoms with Crippen LogP contribution in [0.5, 0.6) is 0 Å². The zero-order chi connectivity index (χ0) is 14.8. The second kappa shape index (κ2) is 9.53. The van der Waals surface area contributed by atoms with Gasteiger partial charge in [0.15, 0.2) is 0 Å². The van der Waals surface area contributed by atoms with Crippen molar-refractivity contribution in [2.45, 2.75) is 44.9 Å². The van der Waals surface area contributed by atoms with Gasteiger partial charge >= 0.3 is 5.97 Å². The fraction of sp³-hybridized carbons (Fsp3) is 0.733. The summed E-state index contributed by atoms with van der Waals surface area (Å²) in [6.07, 6.45) is 8.89. The molecule has 0 atom stereocenters. The molecule has 0 saturated heterocycles. The van der Waals surface area contributed by atoms with Crippen molar-refractivity contribution >= 4 is 11.9 Å². The Morgan fingerprint density at radius 2 is 2.20 bits per heavy atom. The molecule has 20 heavy (non-hydrogen) atoms. The molecule has 1 aliphatic carbocycles. The maximum atomic E-state index is 11.7. The van der Waals surface area contributed by atoms with Crippen molar-refractivity contribution in [3.8, 4) is 0 Å². The number of carbonyl (C=O) groups is 2. The van der Waals surface area contributed by atoms with Crippen LogP contribution < -0.4 is 5.32 Å².